The third-order valence-electron chi connectivity index (χ3n) is 2.93. The lowest BCUT2D eigenvalue weighted by atomic mass is 10.2. The number of nitrogen functional groups attached to an aromatic ring is 1. The molecule has 0 saturated carbocycles. The summed E-state index contributed by atoms with van der Waals surface area (Å²) in [5.41, 5.74) is 9.53. The normalized spacial score (nSPS) is 10.3. The third-order valence-corrected chi connectivity index (χ3v) is 3.97. The fraction of sp³-hybridized carbons (Fsp3) is 0.333. The van der Waals surface area contributed by atoms with Gasteiger partial charge in [-0.05, 0) is 26.8 Å². The van der Waals surface area contributed by atoms with Gasteiger partial charge in [0.05, 0.1) is 21.7 Å². The fourth-order valence-corrected chi connectivity index (χ4v) is 3.21. The Morgan fingerprint density at radius 1 is 1.00 bits per heavy atom. The average Bonchev–Trinajstić information content (AvgIpc) is 2.85. The van der Waals surface area contributed by atoms with Crippen LogP contribution in [-0.4, -0.2) is 19.9 Å². The number of anilines is 1. The lowest BCUT2D eigenvalue weighted by Gasteiger charge is -2.05. The second-order valence-corrected chi connectivity index (χ2v) is 5.41. The number of fused-ring (bicyclic) bond motifs is 1. The van der Waals surface area contributed by atoms with Crippen LogP contribution in [0.1, 0.15) is 31.1 Å². The maximum Gasteiger partial charge on any atom is 0.137 e. The number of thiazole rings is 1. The molecular formula is C15H19N5S. The Labute approximate surface area is 128 Å². The van der Waals surface area contributed by atoms with Crippen molar-refractivity contribution >= 4 is 27.4 Å². The number of nitrogens with zero attached hydrogens (tertiary/aromatic N) is 4. The van der Waals surface area contributed by atoms with E-state index < -0.39 is 0 Å². The number of aryl methyl sites for hydroxylation is 3. The zero-order chi connectivity index (χ0) is 15.6. The summed E-state index contributed by atoms with van der Waals surface area (Å²) in [7, 11) is 0. The van der Waals surface area contributed by atoms with Crippen molar-refractivity contribution in [3.63, 3.8) is 0 Å². The lowest BCUT2D eigenvalue weighted by molar-refractivity contribution is 1.02. The number of aromatic nitrogens is 4. The minimum atomic E-state index is 0.481. The van der Waals surface area contributed by atoms with Gasteiger partial charge in [0, 0.05) is 6.20 Å². The van der Waals surface area contributed by atoms with Crippen LogP contribution in [0.2, 0.25) is 0 Å². The van der Waals surface area contributed by atoms with Gasteiger partial charge in [-0.1, -0.05) is 13.8 Å². The van der Waals surface area contributed by atoms with Gasteiger partial charge in [0.1, 0.15) is 22.2 Å². The molecule has 0 bridgehead atoms. The highest BCUT2D eigenvalue weighted by Crippen LogP contribution is 2.34. The SMILES string of the molecule is CC.Cc1nc(C)c(-c2nc3c(C)nccc3s2)c(N)n1. The first-order valence-electron chi connectivity index (χ1n) is 6.89. The molecule has 0 aromatic carbocycles. The molecule has 3 heterocycles. The van der Waals surface area contributed by atoms with Crippen molar-refractivity contribution in [2.24, 2.45) is 0 Å². The van der Waals surface area contributed by atoms with E-state index in [0.717, 1.165) is 32.2 Å². The zero-order valence-corrected chi connectivity index (χ0v) is 13.7. The smallest absolute Gasteiger partial charge is 0.137 e. The van der Waals surface area contributed by atoms with Gasteiger partial charge in [0.25, 0.3) is 0 Å². The molecule has 3 aromatic heterocycles. The van der Waals surface area contributed by atoms with E-state index in [-0.39, 0.29) is 0 Å². The molecule has 6 heteroatoms. The predicted octanol–water partition coefficient (Wildman–Crippen LogP) is 3.68. The van der Waals surface area contributed by atoms with Gasteiger partial charge in [-0.2, -0.15) is 0 Å². The third kappa shape index (κ3) is 2.85. The van der Waals surface area contributed by atoms with Crippen molar-refractivity contribution in [3.8, 4) is 10.6 Å². The summed E-state index contributed by atoms with van der Waals surface area (Å²) in [6.45, 7) is 9.71. The summed E-state index contributed by atoms with van der Waals surface area (Å²) >= 11 is 1.59. The van der Waals surface area contributed by atoms with Crippen molar-refractivity contribution in [3.05, 3.63) is 29.5 Å². The zero-order valence-electron chi connectivity index (χ0n) is 12.9. The van der Waals surface area contributed by atoms with Gasteiger partial charge < -0.3 is 5.73 Å². The second kappa shape index (κ2) is 6.13. The number of pyridine rings is 1. The maximum absolute atomic E-state index is 6.01. The first-order valence-corrected chi connectivity index (χ1v) is 7.71. The van der Waals surface area contributed by atoms with Crippen molar-refractivity contribution in [1.82, 2.24) is 19.9 Å². The average molecular weight is 301 g/mol. The van der Waals surface area contributed by atoms with Crippen LogP contribution >= 0.6 is 11.3 Å². The highest BCUT2D eigenvalue weighted by molar-refractivity contribution is 7.21. The number of nitrogens with two attached hydrogens (primary N) is 1. The molecule has 0 spiro atoms. The second-order valence-electron chi connectivity index (χ2n) is 4.38. The van der Waals surface area contributed by atoms with Gasteiger partial charge in [0.15, 0.2) is 0 Å². The van der Waals surface area contributed by atoms with E-state index in [9.17, 15) is 0 Å². The molecule has 0 atom stereocenters. The van der Waals surface area contributed by atoms with Gasteiger partial charge >= 0.3 is 0 Å². The van der Waals surface area contributed by atoms with Gasteiger partial charge in [-0.15, -0.1) is 11.3 Å². The number of hydrogen-bond donors (Lipinski definition) is 1. The van der Waals surface area contributed by atoms with Crippen LogP contribution in [0.5, 0.6) is 0 Å². The predicted molar refractivity (Wildman–Crippen MR) is 88.4 cm³/mol. The molecule has 21 heavy (non-hydrogen) atoms. The Kier molecular flexibility index (Phi) is 4.47. The summed E-state index contributed by atoms with van der Waals surface area (Å²) in [5.74, 6) is 1.16. The van der Waals surface area contributed by atoms with Crippen molar-refractivity contribution in [2.45, 2.75) is 34.6 Å². The molecule has 0 saturated heterocycles. The summed E-state index contributed by atoms with van der Waals surface area (Å²) in [5, 5.41) is 0.848. The molecule has 3 rings (SSSR count). The molecular weight excluding hydrogens is 282 g/mol. The van der Waals surface area contributed by atoms with E-state index >= 15 is 0 Å². The Balaban J connectivity index is 0.000000774. The quantitative estimate of drug-likeness (QED) is 0.741. The van der Waals surface area contributed by atoms with E-state index in [2.05, 4.69) is 19.9 Å². The topological polar surface area (TPSA) is 77.6 Å². The van der Waals surface area contributed by atoms with Crippen LogP contribution in [0.25, 0.3) is 20.8 Å². The molecule has 5 nitrogen and oxygen atoms in total. The summed E-state index contributed by atoms with van der Waals surface area (Å²) < 4.78 is 1.10. The molecule has 110 valence electrons. The van der Waals surface area contributed by atoms with E-state index in [1.165, 1.54) is 0 Å². The summed E-state index contributed by atoms with van der Waals surface area (Å²) in [4.78, 5) is 17.5. The minimum absolute atomic E-state index is 0.481. The largest absolute Gasteiger partial charge is 0.383 e. The van der Waals surface area contributed by atoms with Crippen molar-refractivity contribution in [1.29, 1.82) is 0 Å². The Hall–Kier alpha value is -2.08. The van der Waals surface area contributed by atoms with Gasteiger partial charge in [-0.3, -0.25) is 4.98 Å². The summed E-state index contributed by atoms with van der Waals surface area (Å²) in [6.07, 6.45) is 1.79. The van der Waals surface area contributed by atoms with Crippen LogP contribution in [0.15, 0.2) is 12.3 Å². The highest BCUT2D eigenvalue weighted by atomic mass is 32.1. The monoisotopic (exact) mass is 301 g/mol. The maximum atomic E-state index is 6.01. The molecule has 3 aromatic rings. The van der Waals surface area contributed by atoms with Crippen LogP contribution in [0, 0.1) is 20.8 Å². The first kappa shape index (κ1) is 15.3. The molecule has 0 aliphatic carbocycles. The van der Waals surface area contributed by atoms with Crippen LogP contribution in [-0.2, 0) is 0 Å². The molecule has 0 unspecified atom stereocenters. The lowest BCUT2D eigenvalue weighted by Crippen LogP contribution is -2.01. The molecule has 0 amide bonds. The van der Waals surface area contributed by atoms with E-state index in [1.807, 2.05) is 40.7 Å². The van der Waals surface area contributed by atoms with Crippen LogP contribution in [0.3, 0.4) is 0 Å². The summed E-state index contributed by atoms with van der Waals surface area (Å²) in [6, 6.07) is 1.96. The molecule has 0 aliphatic rings. The van der Waals surface area contributed by atoms with Crippen molar-refractivity contribution in [2.75, 3.05) is 5.73 Å². The number of rotatable bonds is 1. The first-order chi connectivity index (χ1) is 10.1. The molecule has 0 fully saturated rings. The van der Waals surface area contributed by atoms with Gasteiger partial charge in [0.2, 0.25) is 0 Å². The highest BCUT2D eigenvalue weighted by Gasteiger charge is 2.15. The molecule has 0 aliphatic heterocycles. The Morgan fingerprint density at radius 2 is 1.71 bits per heavy atom. The number of hydrogen-bond acceptors (Lipinski definition) is 6. The molecule has 2 N–H and O–H groups in total. The Morgan fingerprint density at radius 3 is 2.33 bits per heavy atom. The van der Waals surface area contributed by atoms with E-state index in [1.54, 1.807) is 17.5 Å². The molecule has 0 radical (unpaired) electrons. The van der Waals surface area contributed by atoms with Crippen LogP contribution in [0.4, 0.5) is 5.82 Å². The van der Waals surface area contributed by atoms with Gasteiger partial charge in [-0.25, -0.2) is 15.0 Å². The van der Waals surface area contributed by atoms with Crippen LogP contribution < -0.4 is 5.73 Å². The Bertz CT molecular complexity index is 756. The fourth-order valence-electron chi connectivity index (χ4n) is 2.09. The van der Waals surface area contributed by atoms with E-state index in [0.29, 0.717) is 11.6 Å². The standard InChI is InChI=1S/C13H13N5S.C2H6/c1-6-10(12(14)17-8(3)16-6)13-18-11-7(2)15-5-4-9(11)19-13;1-2/h4-5H,1-3H3,(H2,14,16,17);1-2H3. The van der Waals surface area contributed by atoms with E-state index in [4.69, 9.17) is 5.73 Å². The minimum Gasteiger partial charge on any atom is -0.383 e. The van der Waals surface area contributed by atoms with Crippen molar-refractivity contribution < 1.29 is 0 Å².